The van der Waals surface area contributed by atoms with Crippen LogP contribution in [0.15, 0.2) is 35.2 Å². The van der Waals surface area contributed by atoms with E-state index in [4.69, 9.17) is 0 Å². The fourth-order valence-electron chi connectivity index (χ4n) is 2.06. The molecule has 0 radical (unpaired) electrons. The van der Waals surface area contributed by atoms with Gasteiger partial charge in [0, 0.05) is 26.5 Å². The molecular formula is C10H13O3S2-. The molecule has 3 nitrogen and oxygen atoms in total. The standard InChI is InChI=1S/C10H14O3S2/c11-14(12)15(13,8-4-5-9-15)10-6-2-1-3-7-10/h1-3,6-7H,4-5,8-9H2,(H,11,12)/p-1. The Balaban J connectivity index is 2.64. The molecule has 0 bridgehead atoms. The van der Waals surface area contributed by atoms with Crippen molar-refractivity contribution < 1.29 is 13.0 Å². The Kier molecular flexibility index (Phi) is 2.56. The third kappa shape index (κ3) is 1.49. The van der Waals surface area contributed by atoms with Crippen molar-refractivity contribution in [3.8, 4) is 0 Å². The molecule has 0 N–H and O–H groups in total. The van der Waals surface area contributed by atoms with Crippen molar-refractivity contribution in [1.29, 1.82) is 0 Å². The van der Waals surface area contributed by atoms with E-state index in [0.717, 1.165) is 12.8 Å². The van der Waals surface area contributed by atoms with Crippen LogP contribution in [0.1, 0.15) is 12.8 Å². The zero-order valence-corrected chi connectivity index (χ0v) is 9.89. The highest BCUT2D eigenvalue weighted by Crippen LogP contribution is 2.44. The van der Waals surface area contributed by atoms with E-state index in [9.17, 15) is 13.0 Å². The molecule has 1 aromatic rings. The van der Waals surface area contributed by atoms with Gasteiger partial charge in [-0.2, -0.15) is 0 Å². The van der Waals surface area contributed by atoms with Crippen LogP contribution in [-0.2, 0) is 18.2 Å². The first-order chi connectivity index (χ1) is 7.07. The fourth-order valence-corrected chi connectivity index (χ4v) is 7.84. The lowest BCUT2D eigenvalue weighted by Gasteiger charge is -2.40. The summed E-state index contributed by atoms with van der Waals surface area (Å²) in [5, 5.41) is 0. The third-order valence-corrected chi connectivity index (χ3v) is 10.6. The maximum Gasteiger partial charge on any atom is 0.0274 e. The normalized spacial score (nSPS) is 27.7. The molecule has 1 heterocycles. The second-order valence-electron chi connectivity index (χ2n) is 3.83. The fraction of sp³-hybridized carbons (Fsp3) is 0.400. The molecule has 1 fully saturated rings. The van der Waals surface area contributed by atoms with Crippen LogP contribution in [-0.4, -0.2) is 24.5 Å². The Bertz CT molecular complexity index is 443. The average molecular weight is 245 g/mol. The van der Waals surface area contributed by atoms with Gasteiger partial charge in [0.15, 0.2) is 0 Å². The number of hydrogen-bond acceptors (Lipinski definition) is 3. The largest absolute Gasteiger partial charge is 0.763 e. The number of hydrogen-bond donors (Lipinski definition) is 0. The lowest BCUT2D eigenvalue weighted by molar-refractivity contribution is 0.546. The highest BCUT2D eigenvalue weighted by Gasteiger charge is 2.43. The maximum absolute atomic E-state index is 12.9. The number of rotatable bonds is 2. The Morgan fingerprint density at radius 2 is 1.67 bits per heavy atom. The zero-order valence-electron chi connectivity index (χ0n) is 8.26. The molecule has 5 heteroatoms. The van der Waals surface area contributed by atoms with E-state index in [0.29, 0.717) is 4.90 Å². The first-order valence-electron chi connectivity index (χ1n) is 4.86. The molecule has 84 valence electrons. The van der Waals surface area contributed by atoms with Crippen LogP contribution in [0, 0.1) is 0 Å². The van der Waals surface area contributed by atoms with E-state index < -0.39 is 18.2 Å². The van der Waals surface area contributed by atoms with Gasteiger partial charge in [-0.05, 0) is 33.1 Å². The van der Waals surface area contributed by atoms with E-state index >= 15 is 0 Å². The Morgan fingerprint density at radius 3 is 2.13 bits per heavy atom. The highest BCUT2D eigenvalue weighted by atomic mass is 33.2. The first-order valence-corrected chi connectivity index (χ1v) is 8.76. The summed E-state index contributed by atoms with van der Waals surface area (Å²) in [7, 11) is -6.14. The summed E-state index contributed by atoms with van der Waals surface area (Å²) in [5.74, 6) is 0.578. The molecular weight excluding hydrogens is 232 g/mol. The summed E-state index contributed by atoms with van der Waals surface area (Å²) in [4.78, 5) is 0.486. The molecule has 0 amide bonds. The molecule has 1 atom stereocenters. The van der Waals surface area contributed by atoms with Gasteiger partial charge in [0.05, 0.1) is 0 Å². The zero-order chi connectivity index (χ0) is 11.0. The van der Waals surface area contributed by atoms with Crippen molar-refractivity contribution in [1.82, 2.24) is 0 Å². The molecule has 1 saturated heterocycles. The predicted octanol–water partition coefficient (Wildman–Crippen LogP) is 1.45. The molecule has 2 rings (SSSR count). The van der Waals surface area contributed by atoms with Gasteiger partial charge in [0.25, 0.3) is 0 Å². The second-order valence-corrected chi connectivity index (χ2v) is 11.1. The van der Waals surface area contributed by atoms with Crippen LogP contribution in [0.2, 0.25) is 0 Å². The first kappa shape index (κ1) is 11.0. The maximum atomic E-state index is 12.9. The molecule has 0 aliphatic carbocycles. The van der Waals surface area contributed by atoms with Crippen molar-refractivity contribution in [3.05, 3.63) is 30.3 Å². The molecule has 0 spiro atoms. The van der Waals surface area contributed by atoms with Crippen LogP contribution < -0.4 is 0 Å². The summed E-state index contributed by atoms with van der Waals surface area (Å²) in [6.45, 7) is 0. The Labute approximate surface area is 91.0 Å². The highest BCUT2D eigenvalue weighted by molar-refractivity contribution is 8.77. The lowest BCUT2D eigenvalue weighted by Crippen LogP contribution is -2.39. The van der Waals surface area contributed by atoms with E-state index in [1.165, 1.54) is 0 Å². The van der Waals surface area contributed by atoms with E-state index in [-0.39, 0.29) is 11.5 Å². The van der Waals surface area contributed by atoms with Gasteiger partial charge < -0.3 is 4.55 Å². The Hall–Kier alpha value is -0.520. The Morgan fingerprint density at radius 1 is 1.13 bits per heavy atom. The van der Waals surface area contributed by atoms with Crippen LogP contribution in [0.3, 0.4) is 0 Å². The molecule has 15 heavy (non-hydrogen) atoms. The minimum Gasteiger partial charge on any atom is -0.763 e. The van der Waals surface area contributed by atoms with Gasteiger partial charge in [0.1, 0.15) is 0 Å². The van der Waals surface area contributed by atoms with Crippen molar-refractivity contribution in [2.45, 2.75) is 17.7 Å². The SMILES string of the molecule is O=S([O-])S1(=O)(c2ccccc2)CCCC1. The van der Waals surface area contributed by atoms with Gasteiger partial charge in [-0.25, -0.2) is 0 Å². The molecule has 1 aliphatic heterocycles. The van der Waals surface area contributed by atoms with Crippen molar-refractivity contribution >= 4 is 18.2 Å². The van der Waals surface area contributed by atoms with Crippen molar-refractivity contribution in [2.75, 3.05) is 11.5 Å². The molecule has 1 aliphatic rings. The van der Waals surface area contributed by atoms with Crippen molar-refractivity contribution in [2.24, 2.45) is 0 Å². The molecule has 1 unspecified atom stereocenters. The van der Waals surface area contributed by atoms with E-state index in [1.807, 2.05) is 0 Å². The lowest BCUT2D eigenvalue weighted by atomic mass is 10.4. The minimum atomic E-state index is -3.63. The quantitative estimate of drug-likeness (QED) is 0.585. The van der Waals surface area contributed by atoms with Crippen molar-refractivity contribution in [3.63, 3.8) is 0 Å². The predicted molar refractivity (Wildman–Crippen MR) is 60.7 cm³/mol. The van der Waals surface area contributed by atoms with Crippen LogP contribution in [0.25, 0.3) is 0 Å². The van der Waals surface area contributed by atoms with Gasteiger partial charge in [-0.1, -0.05) is 18.2 Å². The second kappa shape index (κ2) is 3.50. The van der Waals surface area contributed by atoms with E-state index in [2.05, 4.69) is 0 Å². The molecule has 0 aromatic heterocycles. The van der Waals surface area contributed by atoms with Crippen LogP contribution in [0.4, 0.5) is 0 Å². The summed E-state index contributed by atoms with van der Waals surface area (Å²) in [6, 6.07) is 8.60. The summed E-state index contributed by atoms with van der Waals surface area (Å²) in [6.07, 6.45) is 1.46. The minimum absolute atomic E-state index is 0.289. The van der Waals surface area contributed by atoms with Gasteiger partial charge in [0.2, 0.25) is 0 Å². The molecule has 1 aromatic carbocycles. The average Bonchev–Trinajstić information content (AvgIpc) is 2.66. The van der Waals surface area contributed by atoms with Crippen LogP contribution >= 0.6 is 0 Å². The third-order valence-electron chi connectivity index (χ3n) is 2.95. The summed E-state index contributed by atoms with van der Waals surface area (Å²) >= 11 is 0. The smallest absolute Gasteiger partial charge is 0.0274 e. The molecule has 0 saturated carbocycles. The van der Waals surface area contributed by atoms with Gasteiger partial charge in [-0.3, -0.25) is 8.42 Å². The summed E-state index contributed by atoms with van der Waals surface area (Å²) < 4.78 is 35.6. The topological polar surface area (TPSA) is 57.2 Å². The number of benzene rings is 1. The van der Waals surface area contributed by atoms with Gasteiger partial charge >= 0.3 is 0 Å². The monoisotopic (exact) mass is 245 g/mol. The van der Waals surface area contributed by atoms with E-state index in [1.54, 1.807) is 30.3 Å². The van der Waals surface area contributed by atoms with Crippen LogP contribution in [0.5, 0.6) is 0 Å². The summed E-state index contributed by atoms with van der Waals surface area (Å²) in [5.41, 5.74) is 0. The van der Waals surface area contributed by atoms with Gasteiger partial charge in [-0.15, -0.1) is 0 Å².